The number of nitrogens with two attached hydrogens (primary N) is 1. The average Bonchev–Trinajstić information content (AvgIpc) is 2.50. The van der Waals surface area contributed by atoms with E-state index in [2.05, 4.69) is 9.97 Å². The number of amides is 1. The number of sulfonamides is 1. The zero-order chi connectivity index (χ0) is 11.1. The molecule has 1 aromatic heterocycles. The first kappa shape index (κ1) is 10.1. The number of hydrogen-bond donors (Lipinski definition) is 2. The predicted octanol–water partition coefficient (Wildman–Crippen LogP) is -1.34. The largest absolute Gasteiger partial charge is 0.368 e. The Morgan fingerprint density at radius 3 is 2.80 bits per heavy atom. The lowest BCUT2D eigenvalue weighted by Crippen LogP contribution is -2.57. The van der Waals surface area contributed by atoms with Gasteiger partial charge in [0.15, 0.2) is 5.03 Å². The van der Waals surface area contributed by atoms with Gasteiger partial charge in [-0.25, -0.2) is 13.4 Å². The van der Waals surface area contributed by atoms with Gasteiger partial charge in [0.2, 0.25) is 5.91 Å². The normalized spacial score (nSPS) is 22.3. The Labute approximate surface area is 86.3 Å². The Kier molecular flexibility index (Phi) is 2.24. The van der Waals surface area contributed by atoms with E-state index >= 15 is 0 Å². The van der Waals surface area contributed by atoms with Crippen LogP contribution in [0.4, 0.5) is 0 Å². The Morgan fingerprint density at radius 1 is 1.67 bits per heavy atom. The van der Waals surface area contributed by atoms with E-state index in [-0.39, 0.29) is 5.03 Å². The summed E-state index contributed by atoms with van der Waals surface area (Å²) in [7, 11) is -3.64. The maximum atomic E-state index is 11.8. The average molecular weight is 230 g/mol. The maximum absolute atomic E-state index is 11.8. The number of hydrogen-bond acceptors (Lipinski definition) is 4. The van der Waals surface area contributed by atoms with Crippen molar-refractivity contribution >= 4 is 15.9 Å². The summed E-state index contributed by atoms with van der Waals surface area (Å²) in [6.07, 6.45) is 2.94. The number of carbonyl (C=O) groups excluding carboxylic acids is 1. The zero-order valence-corrected chi connectivity index (χ0v) is 8.57. The van der Waals surface area contributed by atoms with Crippen LogP contribution in [0.15, 0.2) is 17.6 Å². The number of imidazole rings is 1. The van der Waals surface area contributed by atoms with Crippen molar-refractivity contribution in [1.82, 2.24) is 14.3 Å². The van der Waals surface area contributed by atoms with Gasteiger partial charge in [0, 0.05) is 6.54 Å². The van der Waals surface area contributed by atoms with Crippen molar-refractivity contribution in [3.05, 3.63) is 12.5 Å². The van der Waals surface area contributed by atoms with Gasteiger partial charge in [-0.05, 0) is 6.42 Å². The third-order valence-electron chi connectivity index (χ3n) is 2.36. The minimum atomic E-state index is -3.64. The third-order valence-corrected chi connectivity index (χ3v) is 4.19. The summed E-state index contributed by atoms with van der Waals surface area (Å²) in [5.74, 6) is -0.621. The maximum Gasteiger partial charge on any atom is 0.260 e. The van der Waals surface area contributed by atoms with Crippen LogP contribution >= 0.6 is 0 Å². The molecule has 1 aliphatic heterocycles. The third kappa shape index (κ3) is 1.51. The molecule has 0 saturated carbocycles. The smallest absolute Gasteiger partial charge is 0.260 e. The molecule has 3 N–H and O–H groups in total. The predicted molar refractivity (Wildman–Crippen MR) is 50.1 cm³/mol. The molecule has 1 fully saturated rings. The Hall–Kier alpha value is -1.41. The molecule has 1 amide bonds. The van der Waals surface area contributed by atoms with Crippen LogP contribution in [0.2, 0.25) is 0 Å². The number of primary amides is 1. The van der Waals surface area contributed by atoms with Crippen LogP contribution in [-0.2, 0) is 14.8 Å². The molecule has 0 aliphatic carbocycles. The number of carbonyl (C=O) groups is 1. The molecule has 0 aromatic carbocycles. The van der Waals surface area contributed by atoms with Gasteiger partial charge in [-0.3, -0.25) is 4.79 Å². The summed E-state index contributed by atoms with van der Waals surface area (Å²) >= 11 is 0. The molecule has 1 atom stereocenters. The van der Waals surface area contributed by atoms with Gasteiger partial charge in [-0.2, -0.15) is 4.31 Å². The number of aromatic amines is 1. The van der Waals surface area contributed by atoms with Gasteiger partial charge in [0.25, 0.3) is 10.0 Å². The first-order chi connectivity index (χ1) is 7.03. The molecule has 1 saturated heterocycles. The second-order valence-electron chi connectivity index (χ2n) is 3.24. The number of nitrogens with one attached hydrogen (secondary N) is 1. The van der Waals surface area contributed by atoms with Gasteiger partial charge >= 0.3 is 0 Å². The summed E-state index contributed by atoms with van der Waals surface area (Å²) in [5, 5.41) is -0.0200. The van der Waals surface area contributed by atoms with E-state index in [0.29, 0.717) is 13.0 Å². The molecule has 0 bridgehead atoms. The SMILES string of the molecule is NC(=O)C1CCN1S(=O)(=O)c1cnc[nH]1. The van der Waals surface area contributed by atoms with E-state index in [9.17, 15) is 13.2 Å². The van der Waals surface area contributed by atoms with Crippen molar-refractivity contribution in [2.24, 2.45) is 5.73 Å². The molecular formula is C7H10N4O3S. The number of nitrogens with zero attached hydrogens (tertiary/aromatic N) is 2. The summed E-state index contributed by atoms with van der Waals surface area (Å²) in [5.41, 5.74) is 5.07. The van der Waals surface area contributed by atoms with Crippen LogP contribution < -0.4 is 5.73 Å². The number of aromatic nitrogens is 2. The molecule has 2 rings (SSSR count). The molecule has 1 aromatic rings. The summed E-state index contributed by atoms with van der Waals surface area (Å²) in [4.78, 5) is 17.0. The Morgan fingerprint density at radius 2 is 2.40 bits per heavy atom. The first-order valence-electron chi connectivity index (χ1n) is 4.33. The van der Waals surface area contributed by atoms with Crippen LogP contribution in [-0.4, -0.2) is 41.2 Å². The Balaban J connectivity index is 2.28. The molecule has 1 unspecified atom stereocenters. The van der Waals surface area contributed by atoms with Crippen molar-refractivity contribution in [3.63, 3.8) is 0 Å². The summed E-state index contributed by atoms with van der Waals surface area (Å²) in [6.45, 7) is 0.314. The summed E-state index contributed by atoms with van der Waals surface area (Å²) in [6, 6.07) is -0.724. The lowest BCUT2D eigenvalue weighted by Gasteiger charge is -2.36. The highest BCUT2D eigenvalue weighted by molar-refractivity contribution is 7.89. The van der Waals surface area contributed by atoms with Crippen molar-refractivity contribution in [2.45, 2.75) is 17.5 Å². The molecule has 82 valence electrons. The van der Waals surface area contributed by atoms with Gasteiger partial charge in [0.05, 0.1) is 12.5 Å². The molecule has 0 spiro atoms. The molecule has 8 heteroatoms. The molecule has 0 radical (unpaired) electrons. The molecule has 2 heterocycles. The van der Waals surface area contributed by atoms with Gasteiger partial charge in [-0.1, -0.05) is 0 Å². The van der Waals surface area contributed by atoms with Gasteiger partial charge < -0.3 is 10.7 Å². The fourth-order valence-corrected chi connectivity index (χ4v) is 2.98. The van der Waals surface area contributed by atoms with Crippen LogP contribution in [0.3, 0.4) is 0 Å². The number of rotatable bonds is 3. The van der Waals surface area contributed by atoms with E-state index in [1.54, 1.807) is 0 Å². The van der Waals surface area contributed by atoms with Crippen LogP contribution in [0.5, 0.6) is 0 Å². The second-order valence-corrected chi connectivity index (χ2v) is 5.10. The fraction of sp³-hybridized carbons (Fsp3) is 0.429. The highest BCUT2D eigenvalue weighted by Gasteiger charge is 2.42. The van der Waals surface area contributed by atoms with Crippen molar-refractivity contribution in [3.8, 4) is 0 Å². The molecule has 7 nitrogen and oxygen atoms in total. The lowest BCUT2D eigenvalue weighted by atomic mass is 10.1. The van der Waals surface area contributed by atoms with Gasteiger partial charge in [0.1, 0.15) is 6.04 Å². The molecule has 15 heavy (non-hydrogen) atoms. The van der Waals surface area contributed by atoms with E-state index in [1.807, 2.05) is 0 Å². The van der Waals surface area contributed by atoms with Crippen LogP contribution in [0.25, 0.3) is 0 Å². The number of H-pyrrole nitrogens is 1. The van der Waals surface area contributed by atoms with Crippen molar-refractivity contribution in [2.75, 3.05) is 6.54 Å². The summed E-state index contributed by atoms with van der Waals surface area (Å²) < 4.78 is 24.7. The second kappa shape index (κ2) is 3.31. The van der Waals surface area contributed by atoms with E-state index < -0.39 is 22.0 Å². The van der Waals surface area contributed by atoms with Crippen molar-refractivity contribution < 1.29 is 13.2 Å². The van der Waals surface area contributed by atoms with Crippen molar-refractivity contribution in [1.29, 1.82) is 0 Å². The highest BCUT2D eigenvalue weighted by Crippen LogP contribution is 2.25. The molecule has 1 aliphatic rings. The topological polar surface area (TPSA) is 109 Å². The van der Waals surface area contributed by atoms with Crippen LogP contribution in [0.1, 0.15) is 6.42 Å². The minimum absolute atomic E-state index is 0.0200. The molecular weight excluding hydrogens is 220 g/mol. The van der Waals surface area contributed by atoms with E-state index in [4.69, 9.17) is 5.73 Å². The highest BCUT2D eigenvalue weighted by atomic mass is 32.2. The van der Waals surface area contributed by atoms with Gasteiger partial charge in [-0.15, -0.1) is 0 Å². The fourth-order valence-electron chi connectivity index (χ4n) is 1.45. The zero-order valence-electron chi connectivity index (χ0n) is 7.75. The van der Waals surface area contributed by atoms with E-state index in [0.717, 1.165) is 4.31 Å². The lowest BCUT2D eigenvalue weighted by molar-refractivity contribution is -0.124. The minimum Gasteiger partial charge on any atom is -0.368 e. The monoisotopic (exact) mass is 230 g/mol. The van der Waals surface area contributed by atoms with Crippen LogP contribution in [0, 0.1) is 0 Å². The standard InChI is InChI=1S/C7H10N4O3S/c8-7(12)5-1-2-11(5)15(13,14)6-3-9-4-10-6/h3-5H,1-2H2,(H2,8,12)(H,9,10). The first-order valence-corrected chi connectivity index (χ1v) is 5.77. The quantitative estimate of drug-likeness (QED) is 0.669. The van der Waals surface area contributed by atoms with E-state index in [1.165, 1.54) is 12.5 Å². The Bertz CT molecular complexity index is 466.